The van der Waals surface area contributed by atoms with Crippen LogP contribution in [-0.2, 0) is 12.6 Å². The second-order valence-corrected chi connectivity index (χ2v) is 6.26. The molecule has 0 saturated heterocycles. The molecule has 1 nitrogen and oxygen atoms in total. The summed E-state index contributed by atoms with van der Waals surface area (Å²) in [6.07, 6.45) is 2.17. The lowest BCUT2D eigenvalue weighted by Gasteiger charge is -2.30. The van der Waals surface area contributed by atoms with E-state index in [0.717, 1.165) is 50.4 Å². The number of halogens is 3. The maximum absolute atomic E-state index is 12.8. The summed E-state index contributed by atoms with van der Waals surface area (Å²) in [6, 6.07) is 5.83. The maximum Gasteiger partial charge on any atom is 0.416 e. The minimum atomic E-state index is -4.25. The first-order valence-corrected chi connectivity index (χ1v) is 7.82. The summed E-state index contributed by atoms with van der Waals surface area (Å²) in [5, 5.41) is 3.46. The molecule has 1 fully saturated rings. The molecule has 0 aromatic heterocycles. The van der Waals surface area contributed by atoms with Gasteiger partial charge in [-0.3, -0.25) is 0 Å². The Kier molecular flexibility index (Phi) is 5.31. The SMILES string of the molecule is CCCNCC1(Cc2cccc(C(F)(F)F)c2)CCCC1. The van der Waals surface area contributed by atoms with Gasteiger partial charge in [-0.15, -0.1) is 0 Å². The molecule has 21 heavy (non-hydrogen) atoms. The number of rotatable bonds is 6. The molecule has 1 aromatic rings. The zero-order chi connectivity index (χ0) is 15.3. The summed E-state index contributed by atoms with van der Waals surface area (Å²) in [5.41, 5.74) is 0.416. The number of alkyl halides is 3. The summed E-state index contributed by atoms with van der Waals surface area (Å²) in [7, 11) is 0. The Balaban J connectivity index is 2.10. The van der Waals surface area contributed by atoms with E-state index < -0.39 is 11.7 Å². The van der Waals surface area contributed by atoms with E-state index >= 15 is 0 Å². The Morgan fingerprint density at radius 3 is 2.52 bits per heavy atom. The van der Waals surface area contributed by atoms with Gasteiger partial charge < -0.3 is 5.32 Å². The van der Waals surface area contributed by atoms with E-state index in [9.17, 15) is 13.2 Å². The number of benzene rings is 1. The van der Waals surface area contributed by atoms with E-state index in [1.54, 1.807) is 0 Å². The van der Waals surface area contributed by atoms with Crippen LogP contribution >= 0.6 is 0 Å². The fourth-order valence-corrected chi connectivity index (χ4v) is 3.36. The summed E-state index contributed by atoms with van der Waals surface area (Å²) < 4.78 is 38.4. The second-order valence-electron chi connectivity index (χ2n) is 6.26. The average Bonchev–Trinajstić information content (AvgIpc) is 2.87. The van der Waals surface area contributed by atoms with Gasteiger partial charge in [-0.1, -0.05) is 38.0 Å². The summed E-state index contributed by atoms with van der Waals surface area (Å²) in [5.74, 6) is 0. The molecule has 0 atom stereocenters. The molecule has 1 aromatic carbocycles. The molecule has 4 heteroatoms. The molecule has 0 unspecified atom stereocenters. The second kappa shape index (κ2) is 6.82. The molecule has 0 amide bonds. The van der Waals surface area contributed by atoms with Gasteiger partial charge in [0.25, 0.3) is 0 Å². The van der Waals surface area contributed by atoms with E-state index in [2.05, 4.69) is 12.2 Å². The van der Waals surface area contributed by atoms with Gasteiger partial charge in [-0.25, -0.2) is 0 Å². The number of nitrogens with one attached hydrogen (secondary N) is 1. The Morgan fingerprint density at radius 1 is 1.19 bits per heavy atom. The standard InChI is InChI=1S/C17H24F3N/c1-2-10-21-13-16(8-3-4-9-16)12-14-6-5-7-15(11-14)17(18,19)20/h5-7,11,21H,2-4,8-10,12-13H2,1H3. The monoisotopic (exact) mass is 299 g/mol. The van der Waals surface area contributed by atoms with Crippen LogP contribution in [0.3, 0.4) is 0 Å². The zero-order valence-electron chi connectivity index (χ0n) is 12.6. The molecule has 0 radical (unpaired) electrons. The molecule has 2 rings (SSSR count). The highest BCUT2D eigenvalue weighted by molar-refractivity contribution is 5.26. The van der Waals surface area contributed by atoms with Crippen LogP contribution in [0.25, 0.3) is 0 Å². The smallest absolute Gasteiger partial charge is 0.316 e. The molecule has 118 valence electrons. The number of hydrogen-bond acceptors (Lipinski definition) is 1. The maximum atomic E-state index is 12.8. The Morgan fingerprint density at radius 2 is 1.90 bits per heavy atom. The van der Waals surface area contributed by atoms with Gasteiger partial charge in [0.15, 0.2) is 0 Å². The van der Waals surface area contributed by atoms with Crippen molar-refractivity contribution in [3.63, 3.8) is 0 Å². The van der Waals surface area contributed by atoms with Crippen molar-refractivity contribution < 1.29 is 13.2 Å². The lowest BCUT2D eigenvalue weighted by molar-refractivity contribution is -0.137. The highest BCUT2D eigenvalue weighted by Crippen LogP contribution is 2.41. The van der Waals surface area contributed by atoms with Crippen LogP contribution in [0.15, 0.2) is 24.3 Å². The summed E-state index contributed by atoms with van der Waals surface area (Å²) in [6.45, 7) is 4.02. The van der Waals surface area contributed by atoms with Crippen LogP contribution in [0.4, 0.5) is 13.2 Å². The van der Waals surface area contributed by atoms with Crippen molar-refractivity contribution in [1.29, 1.82) is 0 Å². The fraction of sp³-hybridized carbons (Fsp3) is 0.647. The first-order chi connectivity index (χ1) is 9.95. The molecule has 1 aliphatic carbocycles. The van der Waals surface area contributed by atoms with Crippen molar-refractivity contribution in [2.45, 2.75) is 51.6 Å². The normalized spacial score (nSPS) is 18.1. The van der Waals surface area contributed by atoms with Gasteiger partial charge >= 0.3 is 6.18 Å². The van der Waals surface area contributed by atoms with Gasteiger partial charge in [0.1, 0.15) is 0 Å². The third-order valence-electron chi connectivity index (χ3n) is 4.42. The fourth-order valence-electron chi connectivity index (χ4n) is 3.36. The van der Waals surface area contributed by atoms with Gasteiger partial charge in [0.05, 0.1) is 5.56 Å². The van der Waals surface area contributed by atoms with E-state index in [1.165, 1.54) is 25.0 Å². The molecule has 0 heterocycles. The van der Waals surface area contributed by atoms with Crippen molar-refractivity contribution in [3.8, 4) is 0 Å². The molecule has 1 aliphatic rings. The largest absolute Gasteiger partial charge is 0.416 e. The molecule has 1 N–H and O–H groups in total. The third kappa shape index (κ3) is 4.47. The van der Waals surface area contributed by atoms with Gasteiger partial charge in [-0.2, -0.15) is 13.2 Å². The minimum absolute atomic E-state index is 0.138. The zero-order valence-corrected chi connectivity index (χ0v) is 12.6. The van der Waals surface area contributed by atoms with Crippen LogP contribution < -0.4 is 5.32 Å². The summed E-state index contributed by atoms with van der Waals surface area (Å²) in [4.78, 5) is 0. The van der Waals surface area contributed by atoms with E-state index in [-0.39, 0.29) is 5.41 Å². The highest BCUT2D eigenvalue weighted by Gasteiger charge is 2.35. The average molecular weight is 299 g/mol. The van der Waals surface area contributed by atoms with Crippen LogP contribution in [-0.4, -0.2) is 13.1 Å². The van der Waals surface area contributed by atoms with Crippen LogP contribution in [0.2, 0.25) is 0 Å². The quantitative estimate of drug-likeness (QED) is 0.743. The van der Waals surface area contributed by atoms with Crippen LogP contribution in [0, 0.1) is 5.41 Å². The highest BCUT2D eigenvalue weighted by atomic mass is 19.4. The lowest BCUT2D eigenvalue weighted by atomic mass is 9.79. The molecular formula is C17H24F3N. The van der Waals surface area contributed by atoms with E-state index in [1.807, 2.05) is 6.07 Å². The molecule has 0 bridgehead atoms. The number of hydrogen-bond donors (Lipinski definition) is 1. The van der Waals surface area contributed by atoms with Crippen molar-refractivity contribution in [3.05, 3.63) is 35.4 Å². The topological polar surface area (TPSA) is 12.0 Å². The van der Waals surface area contributed by atoms with Crippen molar-refractivity contribution >= 4 is 0 Å². The minimum Gasteiger partial charge on any atom is -0.316 e. The summed E-state index contributed by atoms with van der Waals surface area (Å²) >= 11 is 0. The van der Waals surface area contributed by atoms with Crippen LogP contribution in [0.1, 0.15) is 50.2 Å². The molecular weight excluding hydrogens is 275 g/mol. The molecule has 0 spiro atoms. The lowest BCUT2D eigenvalue weighted by Crippen LogP contribution is -2.34. The Labute approximate surface area is 124 Å². The van der Waals surface area contributed by atoms with Gasteiger partial charge in [0.2, 0.25) is 0 Å². The van der Waals surface area contributed by atoms with Crippen molar-refractivity contribution in [1.82, 2.24) is 5.32 Å². The Hall–Kier alpha value is -1.03. The van der Waals surface area contributed by atoms with E-state index in [0.29, 0.717) is 0 Å². The molecule has 0 aliphatic heterocycles. The van der Waals surface area contributed by atoms with Gasteiger partial charge in [0, 0.05) is 6.54 Å². The predicted octanol–water partition coefficient (Wildman–Crippen LogP) is 4.81. The first kappa shape index (κ1) is 16.3. The van der Waals surface area contributed by atoms with Crippen molar-refractivity contribution in [2.24, 2.45) is 5.41 Å². The third-order valence-corrected chi connectivity index (χ3v) is 4.42. The first-order valence-electron chi connectivity index (χ1n) is 7.82. The van der Waals surface area contributed by atoms with Crippen LogP contribution in [0.5, 0.6) is 0 Å². The predicted molar refractivity (Wildman–Crippen MR) is 79.2 cm³/mol. The van der Waals surface area contributed by atoms with E-state index in [4.69, 9.17) is 0 Å². The van der Waals surface area contributed by atoms with Crippen molar-refractivity contribution in [2.75, 3.05) is 13.1 Å². The molecule has 1 saturated carbocycles. The Bertz CT molecular complexity index is 448. The van der Waals surface area contributed by atoms with Gasteiger partial charge in [-0.05, 0) is 49.3 Å².